The fourth-order valence-electron chi connectivity index (χ4n) is 2.47. The summed E-state index contributed by atoms with van der Waals surface area (Å²) >= 11 is 30.8. The molecule has 140 valence electrons. The molecule has 0 aliphatic rings. The van der Waals surface area contributed by atoms with Gasteiger partial charge in [0.05, 0.1) is 10.7 Å². The molecule has 7 heteroatoms. The van der Waals surface area contributed by atoms with E-state index in [0.29, 0.717) is 37.4 Å². The summed E-state index contributed by atoms with van der Waals surface area (Å²) in [7, 11) is 0. The van der Waals surface area contributed by atoms with Crippen molar-refractivity contribution in [1.29, 1.82) is 0 Å². The molecule has 3 aromatic carbocycles. The van der Waals surface area contributed by atoms with Gasteiger partial charge in [-0.3, -0.25) is 0 Å². The van der Waals surface area contributed by atoms with Gasteiger partial charge in [-0.2, -0.15) is 0 Å². The molecule has 0 bridgehead atoms. The van der Waals surface area contributed by atoms with E-state index in [1.807, 2.05) is 12.1 Å². The second kappa shape index (κ2) is 9.27. The Hall–Kier alpha value is -1.29. The van der Waals surface area contributed by atoms with Crippen LogP contribution in [0.1, 0.15) is 11.1 Å². The average molecular weight is 462 g/mol. The van der Waals surface area contributed by atoms with Crippen molar-refractivity contribution in [3.63, 3.8) is 0 Å². The molecule has 0 aromatic heterocycles. The van der Waals surface area contributed by atoms with Crippen LogP contribution < -0.4 is 10.1 Å². The van der Waals surface area contributed by atoms with Crippen LogP contribution >= 0.6 is 58.0 Å². The highest BCUT2D eigenvalue weighted by atomic mass is 35.5. The second-order valence-corrected chi connectivity index (χ2v) is 7.81. The molecule has 0 aliphatic heterocycles. The van der Waals surface area contributed by atoms with E-state index >= 15 is 0 Å². The van der Waals surface area contributed by atoms with Crippen LogP contribution in [0.15, 0.2) is 54.6 Å². The summed E-state index contributed by atoms with van der Waals surface area (Å²) in [5.41, 5.74) is 2.32. The van der Waals surface area contributed by atoms with Crippen LogP contribution in [-0.4, -0.2) is 0 Å². The highest BCUT2D eigenvalue weighted by molar-refractivity contribution is 6.36. The molecular formula is C20H14Cl5NO. The predicted octanol–water partition coefficient (Wildman–Crippen LogP) is 8.14. The van der Waals surface area contributed by atoms with Gasteiger partial charge in [-0.25, -0.2) is 0 Å². The number of nitrogens with one attached hydrogen (secondary N) is 1. The minimum atomic E-state index is 0.241. The minimum absolute atomic E-state index is 0.241. The maximum Gasteiger partial charge on any atom is 0.124 e. The van der Waals surface area contributed by atoms with E-state index in [4.69, 9.17) is 62.7 Å². The Kier molecular flexibility index (Phi) is 7.02. The summed E-state index contributed by atoms with van der Waals surface area (Å²) < 4.78 is 5.96. The third-order valence-corrected chi connectivity index (χ3v) is 5.36. The van der Waals surface area contributed by atoms with Crippen molar-refractivity contribution in [3.05, 3.63) is 90.8 Å². The highest BCUT2D eigenvalue weighted by Gasteiger charge is 2.10. The average Bonchev–Trinajstić information content (AvgIpc) is 2.63. The van der Waals surface area contributed by atoms with E-state index in [1.54, 1.807) is 42.5 Å². The van der Waals surface area contributed by atoms with Gasteiger partial charge in [0.25, 0.3) is 0 Å². The molecule has 0 heterocycles. The lowest BCUT2D eigenvalue weighted by Crippen LogP contribution is -2.05. The molecule has 1 N–H and O–H groups in total. The molecule has 3 aromatic rings. The number of rotatable bonds is 6. The number of hydrogen-bond donors (Lipinski definition) is 1. The molecule has 0 saturated carbocycles. The lowest BCUT2D eigenvalue weighted by molar-refractivity contribution is 0.303. The Balaban J connectivity index is 1.78. The summed E-state index contributed by atoms with van der Waals surface area (Å²) in [6.07, 6.45) is 0. The fourth-order valence-corrected chi connectivity index (χ4v) is 3.53. The molecule has 0 atom stereocenters. The molecule has 2 nitrogen and oxygen atoms in total. The second-order valence-electron chi connectivity index (χ2n) is 5.72. The molecule has 0 saturated heterocycles. The van der Waals surface area contributed by atoms with E-state index in [9.17, 15) is 0 Å². The molecule has 0 amide bonds. The van der Waals surface area contributed by atoms with E-state index in [2.05, 4.69) is 5.32 Å². The smallest absolute Gasteiger partial charge is 0.124 e. The number of hydrogen-bond acceptors (Lipinski definition) is 2. The topological polar surface area (TPSA) is 21.3 Å². The van der Waals surface area contributed by atoms with Crippen LogP contribution in [0.25, 0.3) is 0 Å². The van der Waals surface area contributed by atoms with E-state index in [1.165, 1.54) is 0 Å². The number of halogens is 5. The summed E-state index contributed by atoms with van der Waals surface area (Å²) in [6.45, 7) is 0.692. The van der Waals surface area contributed by atoms with Crippen LogP contribution in [0.3, 0.4) is 0 Å². The molecule has 0 spiro atoms. The summed E-state index contributed by atoms with van der Waals surface area (Å²) in [6, 6.07) is 16.0. The van der Waals surface area contributed by atoms with Crippen molar-refractivity contribution in [3.8, 4) is 5.75 Å². The van der Waals surface area contributed by atoms with Gasteiger partial charge in [0.2, 0.25) is 0 Å². The molecule has 0 unspecified atom stereocenters. The zero-order chi connectivity index (χ0) is 19.4. The summed E-state index contributed by atoms with van der Waals surface area (Å²) in [4.78, 5) is 0. The lowest BCUT2D eigenvalue weighted by atomic mass is 10.2. The van der Waals surface area contributed by atoms with Crippen LogP contribution in [0.4, 0.5) is 5.69 Å². The SMILES string of the molecule is Clc1ccc(OCc2c(Cl)cccc2Cl)c(CNc2cc(Cl)ccc2Cl)c1. The normalized spacial score (nSPS) is 10.7. The monoisotopic (exact) mass is 459 g/mol. The predicted molar refractivity (Wildman–Crippen MR) is 116 cm³/mol. The van der Waals surface area contributed by atoms with Crippen LogP contribution in [-0.2, 0) is 13.2 Å². The number of ether oxygens (including phenoxy) is 1. The van der Waals surface area contributed by atoms with Crippen molar-refractivity contribution >= 4 is 63.7 Å². The van der Waals surface area contributed by atoms with Crippen molar-refractivity contribution in [2.75, 3.05) is 5.32 Å². The quantitative estimate of drug-likeness (QED) is 0.400. The Labute approximate surface area is 182 Å². The van der Waals surface area contributed by atoms with Crippen LogP contribution in [0, 0.1) is 0 Å². The lowest BCUT2D eigenvalue weighted by Gasteiger charge is -2.15. The zero-order valence-corrected chi connectivity index (χ0v) is 17.7. The van der Waals surface area contributed by atoms with Gasteiger partial charge in [-0.05, 0) is 48.5 Å². The summed E-state index contributed by atoms with van der Waals surface area (Å²) in [5, 5.41) is 6.14. The molecule has 0 aliphatic carbocycles. The maximum absolute atomic E-state index is 6.21. The molecule has 0 radical (unpaired) electrons. The largest absolute Gasteiger partial charge is 0.488 e. The van der Waals surface area contributed by atoms with Gasteiger partial charge in [-0.1, -0.05) is 64.1 Å². The van der Waals surface area contributed by atoms with Crippen molar-refractivity contribution in [2.45, 2.75) is 13.2 Å². The Bertz CT molecular complexity index is 941. The van der Waals surface area contributed by atoms with E-state index in [0.717, 1.165) is 16.8 Å². The Morgan fingerprint density at radius 2 is 1.41 bits per heavy atom. The maximum atomic E-state index is 6.21. The first-order valence-electron chi connectivity index (χ1n) is 7.97. The van der Waals surface area contributed by atoms with Crippen molar-refractivity contribution in [2.24, 2.45) is 0 Å². The Morgan fingerprint density at radius 3 is 2.15 bits per heavy atom. The van der Waals surface area contributed by atoms with Crippen LogP contribution in [0.5, 0.6) is 5.75 Å². The van der Waals surface area contributed by atoms with Gasteiger partial charge in [-0.15, -0.1) is 0 Å². The third kappa shape index (κ3) is 5.37. The minimum Gasteiger partial charge on any atom is -0.488 e. The highest BCUT2D eigenvalue weighted by Crippen LogP contribution is 2.30. The van der Waals surface area contributed by atoms with Crippen molar-refractivity contribution in [1.82, 2.24) is 0 Å². The van der Waals surface area contributed by atoms with Gasteiger partial charge in [0.1, 0.15) is 12.4 Å². The van der Waals surface area contributed by atoms with E-state index in [-0.39, 0.29) is 6.61 Å². The molecule has 0 fully saturated rings. The standard InChI is InChI=1S/C20H14Cl5NO/c21-13-5-7-20(27-11-15-16(23)2-1-3-17(15)24)12(8-13)10-26-19-9-14(22)4-6-18(19)25/h1-9,26H,10-11H2. The number of anilines is 1. The first kappa shape index (κ1) is 20.4. The Morgan fingerprint density at radius 1 is 0.741 bits per heavy atom. The molecule has 27 heavy (non-hydrogen) atoms. The summed E-state index contributed by atoms with van der Waals surface area (Å²) in [5.74, 6) is 0.668. The van der Waals surface area contributed by atoms with Crippen molar-refractivity contribution < 1.29 is 4.74 Å². The third-order valence-electron chi connectivity index (χ3n) is 3.85. The molecule has 3 rings (SSSR count). The van der Waals surface area contributed by atoms with Gasteiger partial charge >= 0.3 is 0 Å². The van der Waals surface area contributed by atoms with Gasteiger partial charge < -0.3 is 10.1 Å². The van der Waals surface area contributed by atoms with Gasteiger partial charge in [0, 0.05) is 37.8 Å². The first-order valence-corrected chi connectivity index (χ1v) is 9.86. The van der Waals surface area contributed by atoms with E-state index < -0.39 is 0 Å². The van der Waals surface area contributed by atoms with Gasteiger partial charge in [0.15, 0.2) is 0 Å². The first-order chi connectivity index (χ1) is 12.9. The number of benzene rings is 3. The zero-order valence-electron chi connectivity index (χ0n) is 13.9. The fraction of sp³-hybridized carbons (Fsp3) is 0.100. The van der Waals surface area contributed by atoms with Crippen LogP contribution in [0.2, 0.25) is 25.1 Å². The molecular weight excluding hydrogens is 447 g/mol.